The number of nitrogens with zero attached hydrogens (tertiary/aromatic N) is 3. The summed E-state index contributed by atoms with van der Waals surface area (Å²) in [7, 11) is 0. The summed E-state index contributed by atoms with van der Waals surface area (Å²) in [5.74, 6) is -0.387. The second kappa shape index (κ2) is 7.84. The van der Waals surface area contributed by atoms with Gasteiger partial charge >= 0.3 is 0 Å². The van der Waals surface area contributed by atoms with Crippen molar-refractivity contribution in [2.45, 2.75) is 33.7 Å². The van der Waals surface area contributed by atoms with E-state index in [1.165, 1.54) is 27.1 Å². The van der Waals surface area contributed by atoms with Crippen LogP contribution in [0.3, 0.4) is 0 Å². The van der Waals surface area contributed by atoms with Crippen LogP contribution in [0.1, 0.15) is 41.5 Å². The lowest BCUT2D eigenvalue weighted by atomic mass is 10.1. The molecule has 0 aliphatic carbocycles. The summed E-state index contributed by atoms with van der Waals surface area (Å²) in [6.07, 6.45) is 0. The van der Waals surface area contributed by atoms with Crippen molar-refractivity contribution in [2.75, 3.05) is 5.32 Å². The molecule has 0 fully saturated rings. The lowest BCUT2D eigenvalue weighted by Gasteiger charge is -2.12. The number of nitrogens with one attached hydrogen (secondary N) is 1. The Morgan fingerprint density at radius 1 is 1.07 bits per heavy atom. The van der Waals surface area contributed by atoms with E-state index in [0.29, 0.717) is 15.9 Å². The molecule has 2 heterocycles. The Kier molecular flexibility index (Phi) is 5.22. The number of hydrogen-bond donors (Lipinski definition) is 1. The van der Waals surface area contributed by atoms with Gasteiger partial charge in [-0.05, 0) is 51.0 Å². The maximum atomic E-state index is 13.0. The minimum atomic E-state index is -0.387. The second-order valence-corrected chi connectivity index (χ2v) is 8.39. The molecule has 0 bridgehead atoms. The van der Waals surface area contributed by atoms with Gasteiger partial charge in [0.1, 0.15) is 0 Å². The molecule has 30 heavy (non-hydrogen) atoms. The Labute approximate surface area is 178 Å². The largest absolute Gasteiger partial charge is 0.296 e. The van der Waals surface area contributed by atoms with Crippen molar-refractivity contribution in [3.63, 3.8) is 0 Å². The number of thiazole rings is 1. The summed E-state index contributed by atoms with van der Waals surface area (Å²) in [6, 6.07) is 13.0. The van der Waals surface area contributed by atoms with Gasteiger partial charge in [-0.3, -0.25) is 14.9 Å². The van der Waals surface area contributed by atoms with E-state index in [0.717, 1.165) is 11.3 Å². The number of hydrogen-bond acceptors (Lipinski definition) is 5. The lowest BCUT2D eigenvalue weighted by Crippen LogP contribution is -2.28. The van der Waals surface area contributed by atoms with Crippen molar-refractivity contribution >= 4 is 33.1 Å². The third kappa shape index (κ3) is 3.64. The molecule has 0 saturated heterocycles. The Hall–Kier alpha value is -3.32. The van der Waals surface area contributed by atoms with Gasteiger partial charge in [0, 0.05) is 16.3 Å². The fourth-order valence-electron chi connectivity index (χ4n) is 3.25. The van der Waals surface area contributed by atoms with Crippen molar-refractivity contribution in [1.82, 2.24) is 14.8 Å². The number of fused-ring (bicyclic) bond motifs is 1. The Balaban J connectivity index is 1.69. The van der Waals surface area contributed by atoms with Crippen LogP contribution in [0.2, 0.25) is 0 Å². The molecule has 1 amide bonds. The molecule has 2 aromatic heterocycles. The average Bonchev–Trinajstić information content (AvgIpc) is 3.18. The average molecular weight is 419 g/mol. The first-order valence-electron chi connectivity index (χ1n) is 9.71. The first kappa shape index (κ1) is 20.0. The number of amides is 1. The number of carbonyl (C=O) groups excluding carboxylic acids is 1. The van der Waals surface area contributed by atoms with Crippen LogP contribution in [0.5, 0.6) is 0 Å². The monoisotopic (exact) mass is 418 g/mol. The maximum absolute atomic E-state index is 13.0. The van der Waals surface area contributed by atoms with Crippen molar-refractivity contribution in [3.05, 3.63) is 75.0 Å². The highest BCUT2D eigenvalue weighted by molar-refractivity contribution is 7.14. The van der Waals surface area contributed by atoms with Gasteiger partial charge in [-0.2, -0.15) is 5.10 Å². The van der Waals surface area contributed by atoms with Crippen LogP contribution in [0.4, 0.5) is 5.13 Å². The molecule has 6 nitrogen and oxygen atoms in total. The van der Waals surface area contributed by atoms with Crippen LogP contribution >= 0.6 is 11.3 Å². The zero-order valence-electron chi connectivity index (χ0n) is 17.3. The molecule has 0 aliphatic rings. The topological polar surface area (TPSA) is 76.9 Å². The highest BCUT2D eigenvalue weighted by atomic mass is 32.1. The molecule has 7 heteroatoms. The van der Waals surface area contributed by atoms with Gasteiger partial charge in [-0.15, -0.1) is 11.3 Å². The molecule has 0 unspecified atom stereocenters. The fourth-order valence-corrected chi connectivity index (χ4v) is 3.96. The number of benzene rings is 2. The van der Waals surface area contributed by atoms with Crippen LogP contribution in [-0.2, 0) is 0 Å². The number of carbonyl (C=O) groups is 1. The summed E-state index contributed by atoms with van der Waals surface area (Å²) in [5, 5.41) is 10.6. The van der Waals surface area contributed by atoms with Gasteiger partial charge in [-0.25, -0.2) is 9.67 Å². The smallest absolute Gasteiger partial charge is 0.278 e. The molecule has 0 atom stereocenters. The molecule has 4 aromatic rings. The minimum Gasteiger partial charge on any atom is -0.296 e. The Morgan fingerprint density at radius 2 is 1.80 bits per heavy atom. The van der Waals surface area contributed by atoms with E-state index in [-0.39, 0.29) is 23.2 Å². The van der Waals surface area contributed by atoms with Gasteiger partial charge in [0.25, 0.3) is 11.5 Å². The first-order valence-corrected chi connectivity index (χ1v) is 10.6. The number of rotatable bonds is 4. The van der Waals surface area contributed by atoms with E-state index in [2.05, 4.69) is 41.4 Å². The van der Waals surface area contributed by atoms with Crippen LogP contribution in [0.25, 0.3) is 22.0 Å². The van der Waals surface area contributed by atoms with Crippen molar-refractivity contribution in [3.8, 4) is 11.3 Å². The highest BCUT2D eigenvalue weighted by Gasteiger charge is 2.19. The van der Waals surface area contributed by atoms with Gasteiger partial charge in [0.05, 0.1) is 17.1 Å². The van der Waals surface area contributed by atoms with Crippen LogP contribution in [0.15, 0.2) is 52.6 Å². The van der Waals surface area contributed by atoms with E-state index in [1.54, 1.807) is 24.3 Å². The molecule has 4 rings (SSSR count). The zero-order valence-corrected chi connectivity index (χ0v) is 18.1. The first-order chi connectivity index (χ1) is 14.3. The summed E-state index contributed by atoms with van der Waals surface area (Å²) in [5.41, 5.74) is 4.24. The van der Waals surface area contributed by atoms with Gasteiger partial charge in [0.15, 0.2) is 10.8 Å². The van der Waals surface area contributed by atoms with Gasteiger partial charge in [-0.1, -0.05) is 30.3 Å². The van der Waals surface area contributed by atoms with E-state index < -0.39 is 0 Å². The van der Waals surface area contributed by atoms with Gasteiger partial charge in [0.2, 0.25) is 0 Å². The molecule has 152 valence electrons. The van der Waals surface area contributed by atoms with Crippen LogP contribution in [-0.4, -0.2) is 20.7 Å². The van der Waals surface area contributed by atoms with Crippen LogP contribution < -0.4 is 10.9 Å². The third-order valence-corrected chi connectivity index (χ3v) is 5.82. The van der Waals surface area contributed by atoms with Crippen LogP contribution in [0, 0.1) is 13.8 Å². The molecular formula is C23H22N4O2S. The molecule has 0 saturated carbocycles. The third-order valence-electron chi connectivity index (χ3n) is 5.06. The summed E-state index contributed by atoms with van der Waals surface area (Å²) >= 11 is 1.36. The number of anilines is 1. The maximum Gasteiger partial charge on any atom is 0.278 e. The normalized spacial score (nSPS) is 11.2. The molecule has 0 aliphatic heterocycles. The van der Waals surface area contributed by atoms with E-state index >= 15 is 0 Å². The molecule has 0 radical (unpaired) electrons. The SMILES string of the molecule is Cc1ccc(-c2csc(NC(=O)c3nn(C(C)C)c(=O)c4ccccc34)n2)cc1C. The summed E-state index contributed by atoms with van der Waals surface area (Å²) in [6.45, 7) is 7.86. The molecule has 1 N–H and O–H groups in total. The predicted octanol–water partition coefficient (Wildman–Crippen LogP) is 4.97. The van der Waals surface area contributed by atoms with E-state index in [1.807, 2.05) is 25.3 Å². The van der Waals surface area contributed by atoms with E-state index in [9.17, 15) is 9.59 Å². The zero-order chi connectivity index (χ0) is 21.4. The fraction of sp³-hybridized carbons (Fsp3) is 0.217. The molecule has 0 spiro atoms. The quantitative estimate of drug-likeness (QED) is 0.508. The Bertz CT molecular complexity index is 1320. The van der Waals surface area contributed by atoms with E-state index in [4.69, 9.17) is 0 Å². The number of aromatic nitrogens is 3. The lowest BCUT2D eigenvalue weighted by molar-refractivity contribution is 0.102. The number of aryl methyl sites for hydroxylation is 2. The second-order valence-electron chi connectivity index (χ2n) is 7.53. The minimum absolute atomic E-state index is 0.162. The standard InChI is InChI=1S/C23H22N4O2S/c1-13(2)27-22(29)18-8-6-5-7-17(18)20(26-27)21(28)25-23-24-19(12-30-23)16-10-9-14(3)15(4)11-16/h5-13H,1-4H3,(H,24,25,28). The molecule has 2 aromatic carbocycles. The summed E-state index contributed by atoms with van der Waals surface area (Å²) in [4.78, 5) is 30.3. The Morgan fingerprint density at radius 3 is 2.50 bits per heavy atom. The van der Waals surface area contributed by atoms with Crippen molar-refractivity contribution in [2.24, 2.45) is 0 Å². The highest BCUT2D eigenvalue weighted by Crippen LogP contribution is 2.27. The van der Waals surface area contributed by atoms with Crippen molar-refractivity contribution < 1.29 is 4.79 Å². The van der Waals surface area contributed by atoms with Gasteiger partial charge < -0.3 is 0 Å². The predicted molar refractivity (Wildman–Crippen MR) is 121 cm³/mol. The molecular weight excluding hydrogens is 396 g/mol. The summed E-state index contributed by atoms with van der Waals surface area (Å²) < 4.78 is 1.35. The van der Waals surface area contributed by atoms with Crippen molar-refractivity contribution in [1.29, 1.82) is 0 Å².